The predicted octanol–water partition coefficient (Wildman–Crippen LogP) is 2.22. The number of anilines is 2. The molecular formula is C25H35N7O2. The Hall–Kier alpha value is -2.91. The molecular weight excluding hydrogens is 430 g/mol. The molecule has 34 heavy (non-hydrogen) atoms. The number of carbonyl (C=O) groups excluding carboxylic acids is 2. The van der Waals surface area contributed by atoms with E-state index in [1.165, 1.54) is 47.8 Å². The first-order chi connectivity index (χ1) is 16.5. The summed E-state index contributed by atoms with van der Waals surface area (Å²) < 4.78 is 1.31. The zero-order valence-electron chi connectivity index (χ0n) is 20.2. The Morgan fingerprint density at radius 1 is 1.06 bits per heavy atom. The summed E-state index contributed by atoms with van der Waals surface area (Å²) in [6.45, 7) is 12.1. The van der Waals surface area contributed by atoms with Crippen LogP contribution in [0.1, 0.15) is 30.9 Å². The molecule has 2 amide bonds. The van der Waals surface area contributed by atoms with Gasteiger partial charge in [0.15, 0.2) is 5.82 Å². The topological polar surface area (TPSA) is 77.0 Å². The van der Waals surface area contributed by atoms with E-state index in [2.05, 4.69) is 50.2 Å². The van der Waals surface area contributed by atoms with E-state index in [-0.39, 0.29) is 11.9 Å². The van der Waals surface area contributed by atoms with Crippen LogP contribution >= 0.6 is 0 Å². The van der Waals surface area contributed by atoms with Crippen molar-refractivity contribution < 1.29 is 9.59 Å². The molecule has 0 unspecified atom stereocenters. The number of fused-ring (bicyclic) bond motifs is 1. The van der Waals surface area contributed by atoms with E-state index >= 15 is 0 Å². The van der Waals surface area contributed by atoms with Gasteiger partial charge >= 0.3 is 6.03 Å². The molecule has 0 bridgehead atoms. The molecule has 3 aliphatic rings. The van der Waals surface area contributed by atoms with Gasteiger partial charge in [-0.2, -0.15) is 4.68 Å². The molecule has 1 aromatic carbocycles. The molecule has 4 heterocycles. The van der Waals surface area contributed by atoms with Crippen LogP contribution in [0.2, 0.25) is 0 Å². The SMILES string of the molecule is CC(=O)Nc1ccn(C(=O)N2CCN(Cc3ccc(C)cc3N3CCN4CCC[C@@H]4C3)CC2)n1. The van der Waals surface area contributed by atoms with E-state index < -0.39 is 0 Å². The molecule has 0 spiro atoms. The summed E-state index contributed by atoms with van der Waals surface area (Å²) in [6, 6.07) is 9.04. The summed E-state index contributed by atoms with van der Waals surface area (Å²) in [5.41, 5.74) is 4.07. The number of benzene rings is 1. The molecule has 182 valence electrons. The van der Waals surface area contributed by atoms with Crippen molar-refractivity contribution in [2.45, 2.75) is 39.3 Å². The van der Waals surface area contributed by atoms with E-state index in [0.29, 0.717) is 24.9 Å². The lowest BCUT2D eigenvalue weighted by atomic mass is 10.0. The number of nitrogens with one attached hydrogen (secondary N) is 1. The fourth-order valence-electron chi connectivity index (χ4n) is 5.47. The Bertz CT molecular complexity index is 1040. The van der Waals surface area contributed by atoms with E-state index in [1.807, 2.05) is 4.90 Å². The number of aromatic nitrogens is 2. The van der Waals surface area contributed by atoms with Gasteiger partial charge in [0.25, 0.3) is 0 Å². The van der Waals surface area contributed by atoms with Gasteiger partial charge < -0.3 is 15.1 Å². The van der Waals surface area contributed by atoms with Crippen LogP contribution in [0.4, 0.5) is 16.3 Å². The van der Waals surface area contributed by atoms with Gasteiger partial charge in [0.2, 0.25) is 5.91 Å². The van der Waals surface area contributed by atoms with Gasteiger partial charge in [-0.15, -0.1) is 5.10 Å². The molecule has 9 heteroatoms. The standard InChI is InChI=1S/C25H35N7O2/c1-19-5-6-21(23(16-19)31-15-14-29-8-3-4-22(29)18-31)17-28-10-12-30(13-11-28)25(34)32-9-7-24(27-32)26-20(2)33/h5-7,9,16,22H,3-4,8,10-15,17-18H2,1-2H3,(H,26,27,33)/t22-/m1/s1. The van der Waals surface area contributed by atoms with Crippen molar-refractivity contribution in [3.63, 3.8) is 0 Å². The fourth-order valence-corrected chi connectivity index (χ4v) is 5.47. The minimum Gasteiger partial charge on any atom is -0.368 e. The van der Waals surface area contributed by atoms with Gasteiger partial charge in [-0.3, -0.25) is 14.6 Å². The second kappa shape index (κ2) is 9.76. The number of hydrogen-bond donors (Lipinski definition) is 1. The molecule has 3 aliphatic heterocycles. The average molecular weight is 466 g/mol. The molecule has 1 atom stereocenters. The van der Waals surface area contributed by atoms with Crippen LogP contribution in [0, 0.1) is 6.92 Å². The molecule has 2 aromatic rings. The Kier molecular flexibility index (Phi) is 6.56. The highest BCUT2D eigenvalue weighted by atomic mass is 16.2. The van der Waals surface area contributed by atoms with E-state index in [9.17, 15) is 9.59 Å². The molecule has 1 aromatic heterocycles. The first-order valence-electron chi connectivity index (χ1n) is 12.4. The summed E-state index contributed by atoms with van der Waals surface area (Å²) in [6.07, 6.45) is 4.24. The largest absolute Gasteiger partial charge is 0.368 e. The summed E-state index contributed by atoms with van der Waals surface area (Å²) in [4.78, 5) is 33.6. The Morgan fingerprint density at radius 3 is 2.68 bits per heavy atom. The smallest absolute Gasteiger partial charge is 0.344 e. The molecule has 5 rings (SSSR count). The van der Waals surface area contributed by atoms with E-state index in [4.69, 9.17) is 0 Å². The minimum absolute atomic E-state index is 0.151. The zero-order chi connectivity index (χ0) is 23.7. The first-order valence-corrected chi connectivity index (χ1v) is 12.4. The van der Waals surface area contributed by atoms with Gasteiger partial charge in [0, 0.05) is 83.3 Å². The second-order valence-corrected chi connectivity index (χ2v) is 9.78. The molecule has 0 radical (unpaired) electrons. The van der Waals surface area contributed by atoms with Crippen molar-refractivity contribution >= 4 is 23.4 Å². The highest BCUT2D eigenvalue weighted by molar-refractivity contribution is 5.88. The lowest BCUT2D eigenvalue weighted by Crippen LogP contribution is -2.51. The van der Waals surface area contributed by atoms with Crippen LogP contribution in [0.25, 0.3) is 0 Å². The number of nitrogens with zero attached hydrogens (tertiary/aromatic N) is 6. The van der Waals surface area contributed by atoms with Gasteiger partial charge in [0.1, 0.15) is 0 Å². The monoisotopic (exact) mass is 465 g/mol. The van der Waals surface area contributed by atoms with Crippen molar-refractivity contribution in [3.05, 3.63) is 41.6 Å². The van der Waals surface area contributed by atoms with Crippen LogP contribution in [0.15, 0.2) is 30.5 Å². The summed E-state index contributed by atoms with van der Waals surface area (Å²) in [7, 11) is 0. The van der Waals surface area contributed by atoms with Crippen molar-refractivity contribution in [2.75, 3.05) is 62.6 Å². The van der Waals surface area contributed by atoms with Gasteiger partial charge in [0.05, 0.1) is 0 Å². The van der Waals surface area contributed by atoms with Crippen LogP contribution < -0.4 is 10.2 Å². The Balaban J connectivity index is 1.20. The zero-order valence-corrected chi connectivity index (χ0v) is 20.2. The number of hydrogen-bond acceptors (Lipinski definition) is 6. The number of piperazine rings is 2. The maximum absolute atomic E-state index is 12.8. The van der Waals surface area contributed by atoms with E-state index in [1.54, 1.807) is 12.3 Å². The van der Waals surface area contributed by atoms with Crippen LogP contribution in [0.3, 0.4) is 0 Å². The molecule has 3 saturated heterocycles. The van der Waals surface area contributed by atoms with Crippen molar-refractivity contribution in [2.24, 2.45) is 0 Å². The Labute approximate surface area is 201 Å². The highest BCUT2D eigenvalue weighted by Crippen LogP contribution is 2.29. The molecule has 0 aliphatic carbocycles. The van der Waals surface area contributed by atoms with E-state index in [0.717, 1.165) is 39.3 Å². The number of aryl methyl sites for hydroxylation is 1. The maximum atomic E-state index is 12.8. The van der Waals surface area contributed by atoms with Crippen LogP contribution in [-0.2, 0) is 11.3 Å². The summed E-state index contributed by atoms with van der Waals surface area (Å²) in [5, 5.41) is 6.79. The third-order valence-electron chi connectivity index (χ3n) is 7.29. The van der Waals surface area contributed by atoms with Gasteiger partial charge in [-0.25, -0.2) is 4.79 Å². The summed E-state index contributed by atoms with van der Waals surface area (Å²) >= 11 is 0. The molecule has 9 nitrogen and oxygen atoms in total. The summed E-state index contributed by atoms with van der Waals surface area (Å²) in [5.74, 6) is 0.191. The molecule has 1 N–H and O–H groups in total. The quantitative estimate of drug-likeness (QED) is 0.746. The normalized spacial score (nSPS) is 21.5. The lowest BCUT2D eigenvalue weighted by molar-refractivity contribution is -0.114. The lowest BCUT2D eigenvalue weighted by Gasteiger charge is -2.40. The van der Waals surface area contributed by atoms with Gasteiger partial charge in [-0.05, 0) is 43.5 Å². The number of amides is 2. The number of carbonyl (C=O) groups is 2. The van der Waals surface area contributed by atoms with Crippen molar-refractivity contribution in [1.82, 2.24) is 24.5 Å². The predicted molar refractivity (Wildman–Crippen MR) is 132 cm³/mol. The average Bonchev–Trinajstić information content (AvgIpc) is 3.49. The first kappa shape index (κ1) is 22.9. The third-order valence-corrected chi connectivity index (χ3v) is 7.29. The van der Waals surface area contributed by atoms with Crippen LogP contribution in [0.5, 0.6) is 0 Å². The van der Waals surface area contributed by atoms with Crippen molar-refractivity contribution in [1.29, 1.82) is 0 Å². The highest BCUT2D eigenvalue weighted by Gasteiger charge is 2.31. The van der Waals surface area contributed by atoms with Crippen molar-refractivity contribution in [3.8, 4) is 0 Å². The third kappa shape index (κ3) is 4.95. The Morgan fingerprint density at radius 2 is 1.88 bits per heavy atom. The second-order valence-electron chi connectivity index (χ2n) is 9.78. The maximum Gasteiger partial charge on any atom is 0.344 e. The van der Waals surface area contributed by atoms with Gasteiger partial charge in [-0.1, -0.05) is 12.1 Å². The fraction of sp³-hybridized carbons (Fsp3) is 0.560. The number of rotatable bonds is 4. The molecule has 3 fully saturated rings. The van der Waals surface area contributed by atoms with Crippen LogP contribution in [-0.4, -0.2) is 94.8 Å². The minimum atomic E-state index is -0.202. The molecule has 0 saturated carbocycles.